The van der Waals surface area contributed by atoms with Crippen LogP contribution in [0.5, 0.6) is 0 Å². The highest BCUT2D eigenvalue weighted by molar-refractivity contribution is 8.48. The van der Waals surface area contributed by atoms with E-state index in [-0.39, 0.29) is 23.7 Å². The highest BCUT2D eigenvalue weighted by Crippen LogP contribution is 3.02. The third-order valence-electron chi connectivity index (χ3n) is 4.71. The third kappa shape index (κ3) is 5.46. The zero-order valence-corrected chi connectivity index (χ0v) is 17.7. The van der Waals surface area contributed by atoms with E-state index in [1.54, 1.807) is 20.8 Å². The number of allylic oxidation sites excluding steroid dienone is 2. The number of carbonyl (C=O) groups excluding carboxylic acids is 1. The Morgan fingerprint density at radius 1 is 1.23 bits per heavy atom. The molecule has 1 amide bonds. The van der Waals surface area contributed by atoms with Crippen LogP contribution in [0.2, 0.25) is 0 Å². The van der Waals surface area contributed by atoms with E-state index in [0.29, 0.717) is 0 Å². The summed E-state index contributed by atoms with van der Waals surface area (Å²) in [5.74, 6) is -4.73. The number of nitrogens with one attached hydrogen (secondary N) is 2. The molecule has 2 rings (SSSR count). The normalized spacial score (nSPS) is 23.6. The average Bonchev–Trinajstić information content (AvgIpc) is 2.48. The van der Waals surface area contributed by atoms with Crippen LogP contribution >= 0.6 is 10.2 Å². The van der Waals surface area contributed by atoms with Crippen molar-refractivity contribution < 1.29 is 28.6 Å². The monoisotopic (exact) mass is 459 g/mol. The predicted molar refractivity (Wildman–Crippen MR) is 103 cm³/mol. The largest absolute Gasteiger partial charge is 0.347 e. The summed E-state index contributed by atoms with van der Waals surface area (Å²) in [6, 6.07) is -0.168. The van der Waals surface area contributed by atoms with Gasteiger partial charge in [0.25, 0.3) is 11.5 Å². The van der Waals surface area contributed by atoms with Gasteiger partial charge in [-0.1, -0.05) is 53.2 Å². The lowest BCUT2D eigenvalue weighted by Crippen LogP contribution is -2.51. The van der Waals surface area contributed by atoms with Crippen molar-refractivity contribution in [3.63, 3.8) is 0 Å². The van der Waals surface area contributed by atoms with Crippen LogP contribution in [0.15, 0.2) is 33.7 Å². The molecule has 0 bridgehead atoms. The number of rotatable bonds is 4. The molecule has 1 heterocycles. The topological polar surface area (TPSA) is 74.8 Å². The van der Waals surface area contributed by atoms with Gasteiger partial charge in [0.2, 0.25) is 0 Å². The molecule has 3 unspecified atom stereocenters. The van der Waals surface area contributed by atoms with Gasteiger partial charge in [-0.3, -0.25) is 9.59 Å². The minimum absolute atomic E-state index is 0.153. The summed E-state index contributed by atoms with van der Waals surface area (Å²) >= 11 is 0. The van der Waals surface area contributed by atoms with E-state index in [1.807, 2.05) is 0 Å². The Hall–Kier alpha value is -2.24. The van der Waals surface area contributed by atoms with E-state index in [1.165, 1.54) is 13.8 Å². The van der Waals surface area contributed by atoms with Gasteiger partial charge in [-0.25, -0.2) is 9.37 Å². The van der Waals surface area contributed by atoms with Crippen molar-refractivity contribution in [2.45, 2.75) is 40.7 Å². The predicted octanol–water partition coefficient (Wildman–Crippen LogP) is 5.52. The van der Waals surface area contributed by atoms with Crippen LogP contribution in [0, 0.1) is 24.2 Å². The fourth-order valence-corrected chi connectivity index (χ4v) is 4.16. The molecule has 0 saturated heterocycles. The van der Waals surface area contributed by atoms with E-state index < -0.39 is 55.7 Å². The second-order valence-electron chi connectivity index (χ2n) is 8.49. The summed E-state index contributed by atoms with van der Waals surface area (Å²) in [5, 5.41) is 2.51. The molecule has 30 heavy (non-hydrogen) atoms. The second-order valence-corrected chi connectivity index (χ2v) is 10.9. The third-order valence-corrected chi connectivity index (χ3v) is 5.85. The summed E-state index contributed by atoms with van der Waals surface area (Å²) < 4.78 is 80.4. The molecule has 2 N–H and O–H groups in total. The Bertz CT molecular complexity index is 993. The lowest BCUT2D eigenvalue weighted by atomic mass is 9.72. The number of aryl methyl sites for hydroxylation is 1. The highest BCUT2D eigenvalue weighted by Gasteiger charge is 2.67. The lowest BCUT2D eigenvalue weighted by molar-refractivity contribution is 0.0840. The zero-order chi connectivity index (χ0) is 23.3. The Labute approximate surface area is 169 Å². The standard InChI is InChI=1S/C18H23F6N3O2S/c1-9-6-11(30(20,21,22,23)24)7-12(19)15(9)16(18(3,4)5)27-17(29)13-8-14(28)26-10(2)25-13/h6-9,15-16H,1-5H3,(H,27,29)(H,25,26,28). The quantitative estimate of drug-likeness (QED) is 0.582. The lowest BCUT2D eigenvalue weighted by Gasteiger charge is -2.45. The van der Waals surface area contributed by atoms with Crippen LogP contribution < -0.4 is 10.9 Å². The van der Waals surface area contributed by atoms with Crippen molar-refractivity contribution in [1.29, 1.82) is 0 Å². The van der Waals surface area contributed by atoms with E-state index >= 15 is 0 Å². The minimum Gasteiger partial charge on any atom is -0.347 e. The molecule has 1 aromatic heterocycles. The van der Waals surface area contributed by atoms with Crippen LogP contribution in [0.1, 0.15) is 44.0 Å². The molecule has 0 spiro atoms. The van der Waals surface area contributed by atoms with Crippen molar-refractivity contribution in [3.8, 4) is 0 Å². The van der Waals surface area contributed by atoms with Gasteiger partial charge >= 0.3 is 10.2 Å². The first kappa shape index (κ1) is 24.0. The van der Waals surface area contributed by atoms with Crippen LogP contribution in [0.3, 0.4) is 0 Å². The zero-order valence-electron chi connectivity index (χ0n) is 16.9. The molecular weight excluding hydrogens is 436 g/mol. The van der Waals surface area contributed by atoms with E-state index in [2.05, 4.69) is 15.3 Å². The number of H-pyrrole nitrogens is 1. The number of aromatic nitrogens is 2. The van der Waals surface area contributed by atoms with Crippen molar-refractivity contribution in [2.24, 2.45) is 17.3 Å². The smallest absolute Gasteiger partial charge is 0.310 e. The van der Waals surface area contributed by atoms with Gasteiger partial charge in [-0.2, -0.15) is 0 Å². The number of hydrogen-bond donors (Lipinski definition) is 2. The first-order chi connectivity index (χ1) is 13.2. The molecular formula is C18H23F6N3O2S. The van der Waals surface area contributed by atoms with Gasteiger partial charge in [0.05, 0.1) is 0 Å². The summed E-state index contributed by atoms with van der Waals surface area (Å²) in [7, 11) is -10.1. The molecule has 1 aliphatic carbocycles. The fraction of sp³-hybridized carbons (Fsp3) is 0.500. The maximum atomic E-state index is 14.8. The first-order valence-corrected chi connectivity index (χ1v) is 10.9. The maximum absolute atomic E-state index is 14.8. The molecule has 1 aromatic rings. The van der Waals surface area contributed by atoms with E-state index in [9.17, 15) is 33.4 Å². The van der Waals surface area contributed by atoms with Crippen LogP contribution in [0.4, 0.5) is 23.8 Å². The SMILES string of the molecule is Cc1nc(C(=O)NC(C2C(F)=CC(S(F)(F)(F)(F)F)=CC2C)C(C)(C)C)cc(=O)[nH]1. The van der Waals surface area contributed by atoms with Gasteiger partial charge in [0.1, 0.15) is 22.3 Å². The summed E-state index contributed by atoms with van der Waals surface area (Å²) in [5.41, 5.74) is -1.74. The van der Waals surface area contributed by atoms with Gasteiger partial charge in [0.15, 0.2) is 0 Å². The number of amides is 1. The molecule has 170 valence electrons. The van der Waals surface area contributed by atoms with Crippen molar-refractivity contribution >= 4 is 16.1 Å². The Morgan fingerprint density at radius 2 is 1.80 bits per heavy atom. The Kier molecular flexibility index (Phi) is 5.31. The molecule has 0 saturated carbocycles. The van der Waals surface area contributed by atoms with Crippen molar-refractivity contribution in [3.05, 3.63) is 50.8 Å². The number of halogens is 6. The van der Waals surface area contributed by atoms with E-state index in [4.69, 9.17) is 0 Å². The van der Waals surface area contributed by atoms with E-state index in [0.717, 1.165) is 6.07 Å². The molecule has 0 fully saturated rings. The molecule has 1 aliphatic rings. The number of carbonyl (C=O) groups is 1. The van der Waals surface area contributed by atoms with Crippen LogP contribution in [-0.4, -0.2) is 21.9 Å². The molecule has 0 aromatic carbocycles. The summed E-state index contributed by atoms with van der Waals surface area (Å²) in [6.45, 7) is 7.44. The van der Waals surface area contributed by atoms with Gasteiger partial charge < -0.3 is 10.3 Å². The summed E-state index contributed by atoms with van der Waals surface area (Å²) in [6.07, 6.45) is 0.0859. The molecule has 0 radical (unpaired) electrons. The number of hydrogen-bond acceptors (Lipinski definition) is 3. The molecule has 12 heteroatoms. The highest BCUT2D eigenvalue weighted by atomic mass is 32.5. The summed E-state index contributed by atoms with van der Waals surface area (Å²) in [4.78, 5) is 28.1. The molecule has 5 nitrogen and oxygen atoms in total. The Balaban J connectivity index is 2.44. The average molecular weight is 459 g/mol. The van der Waals surface area contributed by atoms with Crippen LogP contribution in [0.25, 0.3) is 0 Å². The number of aromatic amines is 1. The molecule has 0 aliphatic heterocycles. The van der Waals surface area contributed by atoms with Crippen molar-refractivity contribution in [1.82, 2.24) is 15.3 Å². The Morgan fingerprint density at radius 3 is 2.23 bits per heavy atom. The van der Waals surface area contributed by atoms with Crippen LogP contribution in [-0.2, 0) is 0 Å². The van der Waals surface area contributed by atoms with Gasteiger partial charge in [-0.05, 0) is 24.3 Å². The number of nitrogens with zero attached hydrogens (tertiary/aromatic N) is 1. The first-order valence-electron chi connectivity index (χ1n) is 8.91. The van der Waals surface area contributed by atoms with Gasteiger partial charge in [-0.15, -0.1) is 0 Å². The molecule has 3 atom stereocenters. The van der Waals surface area contributed by atoms with Gasteiger partial charge in [0, 0.05) is 18.0 Å². The maximum Gasteiger partial charge on any atom is 0.310 e. The fourth-order valence-electron chi connectivity index (χ4n) is 3.35. The second kappa shape index (κ2) is 6.63. The van der Waals surface area contributed by atoms with Crippen molar-refractivity contribution in [2.75, 3.05) is 0 Å². The minimum atomic E-state index is -10.1.